The van der Waals surface area contributed by atoms with Crippen LogP contribution < -0.4 is 10.6 Å². The normalized spacial score (nSPS) is 21.2. The van der Waals surface area contributed by atoms with Gasteiger partial charge in [0.2, 0.25) is 0 Å². The molecular formula is C17H31N5S. The van der Waals surface area contributed by atoms with E-state index in [1.54, 1.807) is 11.3 Å². The fraction of sp³-hybridized carbons (Fsp3) is 0.765. The molecule has 0 spiro atoms. The van der Waals surface area contributed by atoms with Crippen molar-refractivity contribution in [2.75, 3.05) is 26.7 Å². The average molecular weight is 338 g/mol. The van der Waals surface area contributed by atoms with E-state index in [0.717, 1.165) is 25.5 Å². The van der Waals surface area contributed by atoms with Gasteiger partial charge in [0.25, 0.3) is 0 Å². The van der Waals surface area contributed by atoms with Crippen molar-refractivity contribution in [3.05, 3.63) is 16.1 Å². The first-order chi connectivity index (χ1) is 11.1. The van der Waals surface area contributed by atoms with Crippen molar-refractivity contribution in [1.29, 1.82) is 0 Å². The Balaban J connectivity index is 1.69. The molecule has 0 amide bonds. The molecule has 2 atom stereocenters. The maximum absolute atomic E-state index is 4.39. The lowest BCUT2D eigenvalue weighted by Gasteiger charge is -2.38. The third-order valence-corrected chi connectivity index (χ3v) is 5.48. The number of piperidine rings is 1. The van der Waals surface area contributed by atoms with E-state index in [1.807, 2.05) is 13.2 Å². The Labute approximate surface area is 144 Å². The Hall–Kier alpha value is -1.14. The zero-order chi connectivity index (χ0) is 16.7. The summed E-state index contributed by atoms with van der Waals surface area (Å²) in [4.78, 5) is 12.6. The number of likely N-dealkylation sites (tertiary alicyclic amines) is 1. The van der Waals surface area contributed by atoms with Crippen LogP contribution in [0.3, 0.4) is 0 Å². The second-order valence-electron chi connectivity index (χ2n) is 6.43. The number of guanidine groups is 1. The van der Waals surface area contributed by atoms with E-state index in [9.17, 15) is 0 Å². The minimum Gasteiger partial charge on any atom is -0.356 e. The zero-order valence-corrected chi connectivity index (χ0v) is 15.7. The molecule has 23 heavy (non-hydrogen) atoms. The summed E-state index contributed by atoms with van der Waals surface area (Å²) in [6.45, 7) is 9.76. The lowest BCUT2D eigenvalue weighted by molar-refractivity contribution is 0.115. The van der Waals surface area contributed by atoms with Crippen LogP contribution in [0.25, 0.3) is 0 Å². The molecule has 6 heteroatoms. The topological polar surface area (TPSA) is 52.6 Å². The molecule has 1 aromatic heterocycles. The van der Waals surface area contributed by atoms with Gasteiger partial charge in [-0.2, -0.15) is 0 Å². The fourth-order valence-corrected chi connectivity index (χ4v) is 3.95. The third kappa shape index (κ3) is 5.77. The first kappa shape index (κ1) is 18.2. The zero-order valence-electron chi connectivity index (χ0n) is 14.9. The summed E-state index contributed by atoms with van der Waals surface area (Å²) in [6, 6.07) is 1.23. The van der Waals surface area contributed by atoms with Crippen LogP contribution >= 0.6 is 11.3 Å². The summed E-state index contributed by atoms with van der Waals surface area (Å²) in [5.41, 5.74) is 0. The number of thiazole rings is 1. The quantitative estimate of drug-likeness (QED) is 0.618. The van der Waals surface area contributed by atoms with Gasteiger partial charge in [0.15, 0.2) is 5.96 Å². The molecule has 0 radical (unpaired) electrons. The van der Waals surface area contributed by atoms with Crippen LogP contribution in [-0.2, 0) is 6.42 Å². The van der Waals surface area contributed by atoms with E-state index in [0.29, 0.717) is 12.1 Å². The molecule has 130 valence electrons. The van der Waals surface area contributed by atoms with E-state index in [1.165, 1.54) is 35.7 Å². The first-order valence-electron chi connectivity index (χ1n) is 8.71. The average Bonchev–Trinajstić information content (AvgIpc) is 2.96. The van der Waals surface area contributed by atoms with Crippen LogP contribution in [0.4, 0.5) is 0 Å². The Morgan fingerprint density at radius 2 is 2.30 bits per heavy atom. The summed E-state index contributed by atoms with van der Waals surface area (Å²) in [5.74, 6) is 0.884. The van der Waals surface area contributed by atoms with Crippen LogP contribution in [0.1, 0.15) is 43.0 Å². The van der Waals surface area contributed by atoms with Gasteiger partial charge in [-0.15, -0.1) is 11.3 Å². The van der Waals surface area contributed by atoms with Gasteiger partial charge in [0.05, 0.1) is 5.01 Å². The standard InChI is InChI=1S/C17H31N5S/c1-13-7-5-6-10-22(13)14(2)11-21-17(18-4)19-9-8-16-20-12-15(3)23-16/h12-14H,5-11H2,1-4H3,(H2,18,19,21). The highest BCUT2D eigenvalue weighted by molar-refractivity contribution is 7.11. The maximum atomic E-state index is 4.39. The molecule has 1 saturated heterocycles. The van der Waals surface area contributed by atoms with Crippen LogP contribution in [0, 0.1) is 6.92 Å². The van der Waals surface area contributed by atoms with E-state index < -0.39 is 0 Å². The van der Waals surface area contributed by atoms with Crippen molar-refractivity contribution in [2.24, 2.45) is 4.99 Å². The molecule has 2 rings (SSSR count). The molecule has 1 aliphatic heterocycles. The largest absolute Gasteiger partial charge is 0.356 e. The monoisotopic (exact) mass is 337 g/mol. The molecule has 0 saturated carbocycles. The van der Waals surface area contributed by atoms with Crippen molar-refractivity contribution in [3.63, 3.8) is 0 Å². The molecule has 1 fully saturated rings. The Bertz CT molecular complexity index is 499. The van der Waals surface area contributed by atoms with Gasteiger partial charge in [0, 0.05) is 49.7 Å². The molecule has 2 heterocycles. The van der Waals surface area contributed by atoms with Gasteiger partial charge in [-0.3, -0.25) is 9.89 Å². The second-order valence-corrected chi connectivity index (χ2v) is 7.75. The number of hydrogen-bond acceptors (Lipinski definition) is 4. The van der Waals surface area contributed by atoms with Crippen molar-refractivity contribution < 1.29 is 0 Å². The molecule has 2 N–H and O–H groups in total. The lowest BCUT2D eigenvalue weighted by Crippen LogP contribution is -2.50. The number of nitrogens with one attached hydrogen (secondary N) is 2. The Kier molecular flexibility index (Phi) is 7.30. The smallest absolute Gasteiger partial charge is 0.191 e. The van der Waals surface area contributed by atoms with Gasteiger partial charge in [0.1, 0.15) is 0 Å². The number of hydrogen-bond donors (Lipinski definition) is 2. The van der Waals surface area contributed by atoms with Gasteiger partial charge in [-0.05, 0) is 40.2 Å². The Morgan fingerprint density at radius 3 is 2.96 bits per heavy atom. The summed E-state index contributed by atoms with van der Waals surface area (Å²) < 4.78 is 0. The van der Waals surface area contributed by atoms with Gasteiger partial charge >= 0.3 is 0 Å². The summed E-state index contributed by atoms with van der Waals surface area (Å²) in [5, 5.41) is 8.02. The molecule has 2 unspecified atom stereocenters. The first-order valence-corrected chi connectivity index (χ1v) is 9.53. The molecule has 1 aromatic rings. The SMILES string of the molecule is CN=C(NCCc1ncc(C)s1)NCC(C)N1CCCCC1C. The van der Waals surface area contributed by atoms with Gasteiger partial charge in [-0.25, -0.2) is 4.98 Å². The number of aliphatic imine (C=N–C) groups is 1. The van der Waals surface area contributed by atoms with Crippen molar-refractivity contribution >= 4 is 17.3 Å². The van der Waals surface area contributed by atoms with Crippen LogP contribution in [-0.4, -0.2) is 54.6 Å². The minimum absolute atomic E-state index is 0.533. The molecule has 5 nitrogen and oxygen atoms in total. The van der Waals surface area contributed by atoms with Crippen LogP contribution in [0.15, 0.2) is 11.2 Å². The third-order valence-electron chi connectivity index (χ3n) is 4.51. The van der Waals surface area contributed by atoms with Crippen molar-refractivity contribution in [1.82, 2.24) is 20.5 Å². The van der Waals surface area contributed by atoms with Crippen molar-refractivity contribution in [2.45, 2.75) is 58.5 Å². The highest BCUT2D eigenvalue weighted by atomic mass is 32.1. The molecule has 0 aromatic carbocycles. The highest BCUT2D eigenvalue weighted by Crippen LogP contribution is 2.18. The highest BCUT2D eigenvalue weighted by Gasteiger charge is 2.22. The maximum Gasteiger partial charge on any atom is 0.191 e. The number of rotatable bonds is 6. The number of aryl methyl sites for hydroxylation is 1. The van der Waals surface area contributed by atoms with Crippen molar-refractivity contribution in [3.8, 4) is 0 Å². The minimum atomic E-state index is 0.533. The molecule has 1 aliphatic rings. The van der Waals surface area contributed by atoms with Gasteiger partial charge in [-0.1, -0.05) is 6.42 Å². The lowest BCUT2D eigenvalue weighted by atomic mass is 10.0. The van der Waals surface area contributed by atoms with E-state index in [-0.39, 0.29) is 0 Å². The summed E-state index contributed by atoms with van der Waals surface area (Å²) >= 11 is 1.77. The van der Waals surface area contributed by atoms with Crippen LogP contribution in [0.2, 0.25) is 0 Å². The Morgan fingerprint density at radius 1 is 1.48 bits per heavy atom. The fourth-order valence-electron chi connectivity index (χ4n) is 3.16. The van der Waals surface area contributed by atoms with E-state index in [4.69, 9.17) is 0 Å². The molecule has 0 aliphatic carbocycles. The van der Waals surface area contributed by atoms with Crippen LogP contribution in [0.5, 0.6) is 0 Å². The summed E-state index contributed by atoms with van der Waals surface area (Å²) in [7, 11) is 1.83. The summed E-state index contributed by atoms with van der Waals surface area (Å²) in [6.07, 6.45) is 6.91. The van der Waals surface area contributed by atoms with Gasteiger partial charge < -0.3 is 10.6 Å². The van der Waals surface area contributed by atoms with E-state index >= 15 is 0 Å². The van der Waals surface area contributed by atoms with E-state index in [2.05, 4.69) is 46.3 Å². The predicted molar refractivity (Wildman–Crippen MR) is 99.4 cm³/mol. The number of nitrogens with zero attached hydrogens (tertiary/aromatic N) is 3. The number of aromatic nitrogens is 1. The molecule has 0 bridgehead atoms. The second kappa shape index (κ2) is 9.23. The molecular weight excluding hydrogens is 306 g/mol. The predicted octanol–water partition coefficient (Wildman–Crippen LogP) is 2.42.